The zero-order chi connectivity index (χ0) is 11.6. The molecular weight excluding hydrogens is 198 g/mol. The van der Waals surface area contributed by atoms with Crippen molar-refractivity contribution in [2.75, 3.05) is 13.2 Å². The van der Waals surface area contributed by atoms with Crippen LogP contribution in [0.3, 0.4) is 0 Å². The van der Waals surface area contributed by atoms with Crippen LogP contribution in [0.5, 0.6) is 0 Å². The molecule has 2 rings (SSSR count). The molecule has 0 aromatic heterocycles. The SMILES string of the molecule is CC1(C)CCC(OCC2(CCN)CC2)CC1. The third-order valence-corrected chi connectivity index (χ3v) is 4.54. The van der Waals surface area contributed by atoms with E-state index in [1.807, 2.05) is 0 Å². The summed E-state index contributed by atoms with van der Waals surface area (Å²) in [6.45, 7) is 6.54. The first kappa shape index (κ1) is 12.4. The molecule has 2 N–H and O–H groups in total. The molecule has 0 spiro atoms. The summed E-state index contributed by atoms with van der Waals surface area (Å²) in [5.74, 6) is 0. The van der Waals surface area contributed by atoms with E-state index >= 15 is 0 Å². The third-order valence-electron chi connectivity index (χ3n) is 4.54. The maximum Gasteiger partial charge on any atom is 0.0575 e. The number of hydrogen-bond donors (Lipinski definition) is 1. The lowest BCUT2D eigenvalue weighted by Crippen LogP contribution is -2.28. The Labute approximate surface area is 99.9 Å². The second kappa shape index (κ2) is 4.66. The smallest absolute Gasteiger partial charge is 0.0575 e. The molecule has 0 unspecified atom stereocenters. The van der Waals surface area contributed by atoms with Crippen LogP contribution in [0.25, 0.3) is 0 Å². The fourth-order valence-electron chi connectivity index (χ4n) is 2.78. The fraction of sp³-hybridized carbons (Fsp3) is 1.00. The van der Waals surface area contributed by atoms with Crippen molar-refractivity contribution in [3.05, 3.63) is 0 Å². The maximum absolute atomic E-state index is 6.10. The molecule has 0 heterocycles. The van der Waals surface area contributed by atoms with Gasteiger partial charge in [-0.2, -0.15) is 0 Å². The van der Waals surface area contributed by atoms with Gasteiger partial charge in [0.15, 0.2) is 0 Å². The summed E-state index contributed by atoms with van der Waals surface area (Å²) >= 11 is 0. The Morgan fingerprint density at radius 2 is 1.75 bits per heavy atom. The van der Waals surface area contributed by atoms with Crippen molar-refractivity contribution in [2.45, 2.75) is 64.9 Å². The van der Waals surface area contributed by atoms with Crippen LogP contribution >= 0.6 is 0 Å². The highest BCUT2D eigenvalue weighted by atomic mass is 16.5. The van der Waals surface area contributed by atoms with Crippen molar-refractivity contribution in [3.63, 3.8) is 0 Å². The average molecular weight is 225 g/mol. The molecule has 0 aliphatic heterocycles. The first-order chi connectivity index (χ1) is 7.55. The van der Waals surface area contributed by atoms with Gasteiger partial charge < -0.3 is 10.5 Å². The zero-order valence-corrected chi connectivity index (χ0v) is 10.9. The van der Waals surface area contributed by atoms with Crippen LogP contribution in [0.2, 0.25) is 0 Å². The van der Waals surface area contributed by atoms with E-state index in [1.165, 1.54) is 38.5 Å². The maximum atomic E-state index is 6.10. The summed E-state index contributed by atoms with van der Waals surface area (Å²) in [6.07, 6.45) is 9.51. The van der Waals surface area contributed by atoms with Crippen molar-refractivity contribution in [1.29, 1.82) is 0 Å². The molecule has 16 heavy (non-hydrogen) atoms. The van der Waals surface area contributed by atoms with Gasteiger partial charge in [-0.3, -0.25) is 0 Å². The second-order valence-electron chi connectivity index (χ2n) is 6.71. The Hall–Kier alpha value is -0.0800. The van der Waals surface area contributed by atoms with Crippen molar-refractivity contribution in [1.82, 2.24) is 0 Å². The van der Waals surface area contributed by atoms with Gasteiger partial charge in [-0.25, -0.2) is 0 Å². The molecule has 94 valence electrons. The van der Waals surface area contributed by atoms with E-state index < -0.39 is 0 Å². The first-order valence-electron chi connectivity index (χ1n) is 6.87. The van der Waals surface area contributed by atoms with E-state index in [0.29, 0.717) is 16.9 Å². The molecule has 2 nitrogen and oxygen atoms in total. The van der Waals surface area contributed by atoms with E-state index in [-0.39, 0.29) is 0 Å². The molecule has 2 heteroatoms. The molecule has 0 bridgehead atoms. The van der Waals surface area contributed by atoms with Gasteiger partial charge in [0.1, 0.15) is 0 Å². The predicted octanol–water partition coefficient (Wildman–Crippen LogP) is 3.10. The van der Waals surface area contributed by atoms with Gasteiger partial charge in [-0.05, 0) is 62.3 Å². The van der Waals surface area contributed by atoms with Gasteiger partial charge in [0.05, 0.1) is 12.7 Å². The lowest BCUT2D eigenvalue weighted by Gasteiger charge is -2.34. The van der Waals surface area contributed by atoms with Gasteiger partial charge in [0.25, 0.3) is 0 Å². The summed E-state index contributed by atoms with van der Waals surface area (Å²) in [7, 11) is 0. The normalized spacial score (nSPS) is 27.9. The van der Waals surface area contributed by atoms with Crippen LogP contribution in [0.4, 0.5) is 0 Å². The predicted molar refractivity (Wildman–Crippen MR) is 67.3 cm³/mol. The van der Waals surface area contributed by atoms with Gasteiger partial charge in [0, 0.05) is 0 Å². The third kappa shape index (κ3) is 3.21. The Morgan fingerprint density at radius 1 is 1.12 bits per heavy atom. The van der Waals surface area contributed by atoms with Crippen LogP contribution in [-0.2, 0) is 4.74 Å². The summed E-state index contributed by atoms with van der Waals surface area (Å²) in [5.41, 5.74) is 6.68. The lowest BCUT2D eigenvalue weighted by molar-refractivity contribution is -0.0182. The molecule has 0 aromatic rings. The van der Waals surface area contributed by atoms with E-state index in [9.17, 15) is 0 Å². The van der Waals surface area contributed by atoms with Crippen LogP contribution in [0.1, 0.15) is 58.8 Å². The number of nitrogens with two attached hydrogens (primary N) is 1. The molecule has 0 amide bonds. The zero-order valence-electron chi connectivity index (χ0n) is 10.9. The van der Waals surface area contributed by atoms with Crippen LogP contribution in [-0.4, -0.2) is 19.3 Å². The minimum absolute atomic E-state index is 0.488. The van der Waals surface area contributed by atoms with Gasteiger partial charge in [-0.15, -0.1) is 0 Å². The van der Waals surface area contributed by atoms with Crippen LogP contribution in [0.15, 0.2) is 0 Å². The van der Waals surface area contributed by atoms with Crippen molar-refractivity contribution in [2.24, 2.45) is 16.6 Å². The van der Waals surface area contributed by atoms with E-state index in [1.54, 1.807) is 0 Å². The average Bonchev–Trinajstić information content (AvgIpc) is 2.98. The second-order valence-corrected chi connectivity index (χ2v) is 6.71. The Bertz CT molecular complexity index is 223. The molecule has 2 fully saturated rings. The minimum Gasteiger partial charge on any atom is -0.378 e. The van der Waals surface area contributed by atoms with Crippen molar-refractivity contribution >= 4 is 0 Å². The largest absolute Gasteiger partial charge is 0.378 e. The highest BCUT2D eigenvalue weighted by Crippen LogP contribution is 2.49. The fourth-order valence-corrected chi connectivity index (χ4v) is 2.78. The Kier molecular flexibility index (Phi) is 3.60. The minimum atomic E-state index is 0.488. The Morgan fingerprint density at radius 3 is 2.25 bits per heavy atom. The van der Waals surface area contributed by atoms with E-state index in [0.717, 1.165) is 19.6 Å². The summed E-state index contributed by atoms with van der Waals surface area (Å²) < 4.78 is 6.10. The highest BCUT2D eigenvalue weighted by Gasteiger charge is 2.42. The van der Waals surface area contributed by atoms with E-state index in [2.05, 4.69) is 13.8 Å². The topological polar surface area (TPSA) is 35.2 Å². The highest BCUT2D eigenvalue weighted by molar-refractivity contribution is 4.93. The quantitative estimate of drug-likeness (QED) is 0.780. The molecule has 2 aliphatic carbocycles. The monoisotopic (exact) mass is 225 g/mol. The van der Waals surface area contributed by atoms with Crippen LogP contribution < -0.4 is 5.73 Å². The number of hydrogen-bond acceptors (Lipinski definition) is 2. The molecule has 0 aromatic carbocycles. The standard InChI is InChI=1S/C14H27NO/c1-13(2)5-3-12(4-6-13)16-11-14(7-8-14)9-10-15/h12H,3-11,15H2,1-2H3. The lowest BCUT2D eigenvalue weighted by atomic mass is 9.76. The summed E-state index contributed by atoms with van der Waals surface area (Å²) in [4.78, 5) is 0. The van der Waals surface area contributed by atoms with Crippen molar-refractivity contribution in [3.8, 4) is 0 Å². The van der Waals surface area contributed by atoms with Crippen LogP contribution in [0, 0.1) is 10.8 Å². The molecular formula is C14H27NO. The molecule has 0 atom stereocenters. The van der Waals surface area contributed by atoms with Crippen molar-refractivity contribution < 1.29 is 4.74 Å². The van der Waals surface area contributed by atoms with E-state index in [4.69, 9.17) is 10.5 Å². The summed E-state index contributed by atoms with van der Waals surface area (Å²) in [6, 6.07) is 0. The molecule has 2 aliphatic rings. The summed E-state index contributed by atoms with van der Waals surface area (Å²) in [5, 5.41) is 0. The molecule has 0 radical (unpaired) electrons. The number of rotatable bonds is 5. The molecule has 2 saturated carbocycles. The first-order valence-corrected chi connectivity index (χ1v) is 6.87. The molecule has 0 saturated heterocycles. The van der Waals surface area contributed by atoms with Gasteiger partial charge >= 0.3 is 0 Å². The Balaban J connectivity index is 1.68. The number of ether oxygens (including phenoxy) is 1. The van der Waals surface area contributed by atoms with Gasteiger partial charge in [0.2, 0.25) is 0 Å². The van der Waals surface area contributed by atoms with Gasteiger partial charge in [-0.1, -0.05) is 13.8 Å².